The Bertz CT molecular complexity index is 894. The molecule has 0 atom stereocenters. The Morgan fingerprint density at radius 1 is 1.19 bits per heavy atom. The van der Waals surface area contributed by atoms with Gasteiger partial charge in [0.15, 0.2) is 0 Å². The summed E-state index contributed by atoms with van der Waals surface area (Å²) in [6, 6.07) is 14.5. The summed E-state index contributed by atoms with van der Waals surface area (Å²) in [5.41, 5.74) is 2.07. The lowest BCUT2D eigenvalue weighted by atomic mass is 10.1. The highest BCUT2D eigenvalue weighted by atomic mass is 32.2. The Morgan fingerprint density at radius 2 is 1.96 bits per heavy atom. The van der Waals surface area contributed by atoms with Gasteiger partial charge in [-0.2, -0.15) is 0 Å². The van der Waals surface area contributed by atoms with Crippen molar-refractivity contribution in [2.75, 3.05) is 12.4 Å². The maximum Gasteiger partial charge on any atom is 0.290 e. The van der Waals surface area contributed by atoms with Crippen LogP contribution in [0.2, 0.25) is 0 Å². The van der Waals surface area contributed by atoms with E-state index in [1.165, 1.54) is 7.11 Å². The summed E-state index contributed by atoms with van der Waals surface area (Å²) in [6.07, 6.45) is 1.83. The van der Waals surface area contributed by atoms with Gasteiger partial charge in [0.25, 0.3) is 11.1 Å². The fraction of sp³-hybridized carbons (Fsp3) is 0.105. The lowest BCUT2D eigenvalue weighted by Gasteiger charge is -2.11. The van der Waals surface area contributed by atoms with Crippen LogP contribution >= 0.6 is 11.8 Å². The van der Waals surface area contributed by atoms with E-state index in [1.54, 1.807) is 24.3 Å². The van der Waals surface area contributed by atoms with Gasteiger partial charge in [-0.3, -0.25) is 19.7 Å². The van der Waals surface area contributed by atoms with Crippen molar-refractivity contribution in [3.05, 3.63) is 64.6 Å². The van der Waals surface area contributed by atoms with E-state index in [0.717, 1.165) is 17.3 Å². The first-order valence-corrected chi connectivity index (χ1v) is 8.63. The molecule has 0 unspecified atom stereocenters. The van der Waals surface area contributed by atoms with Gasteiger partial charge in [0.1, 0.15) is 5.75 Å². The fourth-order valence-corrected chi connectivity index (χ4v) is 3.14. The van der Waals surface area contributed by atoms with E-state index in [1.807, 2.05) is 30.3 Å². The number of ether oxygens (including phenoxy) is 1. The second-order valence-electron chi connectivity index (χ2n) is 5.52. The average molecular weight is 368 g/mol. The van der Waals surface area contributed by atoms with E-state index < -0.39 is 11.1 Å². The first-order valence-electron chi connectivity index (χ1n) is 7.82. The number of nitrogens with one attached hydrogen (secondary N) is 2. The van der Waals surface area contributed by atoms with Crippen LogP contribution in [0.4, 0.5) is 10.5 Å². The van der Waals surface area contributed by atoms with E-state index in [9.17, 15) is 14.4 Å². The van der Waals surface area contributed by atoms with Gasteiger partial charge in [-0.15, -0.1) is 0 Å². The maximum absolute atomic E-state index is 12.3. The zero-order valence-electron chi connectivity index (χ0n) is 13.9. The molecule has 3 rings (SSSR count). The van der Waals surface area contributed by atoms with Gasteiger partial charge in [0.2, 0.25) is 5.91 Å². The predicted molar refractivity (Wildman–Crippen MR) is 101 cm³/mol. The van der Waals surface area contributed by atoms with E-state index in [0.29, 0.717) is 21.9 Å². The molecule has 2 aromatic carbocycles. The van der Waals surface area contributed by atoms with Crippen molar-refractivity contribution in [2.24, 2.45) is 0 Å². The molecule has 1 fully saturated rings. The van der Waals surface area contributed by atoms with Crippen molar-refractivity contribution >= 4 is 40.6 Å². The van der Waals surface area contributed by atoms with Crippen molar-refractivity contribution in [2.45, 2.75) is 6.42 Å². The molecule has 132 valence electrons. The number of rotatable bonds is 5. The third kappa shape index (κ3) is 4.31. The topological polar surface area (TPSA) is 84.5 Å². The minimum atomic E-state index is -0.425. The van der Waals surface area contributed by atoms with Crippen molar-refractivity contribution < 1.29 is 19.1 Å². The van der Waals surface area contributed by atoms with Gasteiger partial charge in [0, 0.05) is 0 Å². The maximum atomic E-state index is 12.3. The zero-order valence-corrected chi connectivity index (χ0v) is 14.8. The van der Waals surface area contributed by atoms with Gasteiger partial charge >= 0.3 is 0 Å². The number of amides is 3. The third-order valence-electron chi connectivity index (χ3n) is 3.64. The monoisotopic (exact) mass is 368 g/mol. The Morgan fingerprint density at radius 3 is 2.62 bits per heavy atom. The molecule has 3 amide bonds. The highest BCUT2D eigenvalue weighted by molar-refractivity contribution is 8.18. The molecule has 0 aromatic heterocycles. The SMILES string of the molecule is COc1ccc(/C=C2/SC(=O)NC2=O)cc1NC(=O)Cc1ccccc1. The van der Waals surface area contributed by atoms with Crippen LogP contribution in [0.25, 0.3) is 6.08 Å². The van der Waals surface area contributed by atoms with Crippen LogP contribution in [0, 0.1) is 0 Å². The molecule has 0 spiro atoms. The normalized spacial score (nSPS) is 15.0. The van der Waals surface area contributed by atoms with Gasteiger partial charge in [-0.1, -0.05) is 36.4 Å². The Labute approximate surface area is 154 Å². The molecular weight excluding hydrogens is 352 g/mol. The first-order chi connectivity index (χ1) is 12.5. The second-order valence-corrected chi connectivity index (χ2v) is 6.54. The molecule has 26 heavy (non-hydrogen) atoms. The van der Waals surface area contributed by atoms with Crippen LogP contribution in [-0.2, 0) is 16.0 Å². The number of hydrogen-bond acceptors (Lipinski definition) is 5. The van der Waals surface area contributed by atoms with E-state index in [4.69, 9.17) is 4.74 Å². The smallest absolute Gasteiger partial charge is 0.290 e. The molecule has 2 aromatic rings. The highest BCUT2D eigenvalue weighted by Gasteiger charge is 2.25. The Balaban J connectivity index is 1.79. The lowest BCUT2D eigenvalue weighted by molar-refractivity contribution is -0.116. The molecule has 0 saturated carbocycles. The van der Waals surface area contributed by atoms with Gasteiger partial charge in [-0.25, -0.2) is 0 Å². The predicted octanol–water partition coefficient (Wildman–Crippen LogP) is 3.20. The molecule has 1 saturated heterocycles. The van der Waals surface area contributed by atoms with Crippen LogP contribution in [0.5, 0.6) is 5.75 Å². The Kier molecular flexibility index (Phi) is 5.38. The first kappa shape index (κ1) is 17.8. The molecule has 1 aliphatic rings. The third-order valence-corrected chi connectivity index (χ3v) is 4.46. The van der Waals surface area contributed by atoms with Crippen LogP contribution in [0.15, 0.2) is 53.4 Å². The molecule has 0 radical (unpaired) electrons. The number of thioether (sulfide) groups is 1. The highest BCUT2D eigenvalue weighted by Crippen LogP contribution is 2.30. The molecule has 1 heterocycles. The zero-order chi connectivity index (χ0) is 18.5. The van der Waals surface area contributed by atoms with Crippen LogP contribution in [0.1, 0.15) is 11.1 Å². The van der Waals surface area contributed by atoms with E-state index in [-0.39, 0.29) is 12.3 Å². The number of carbonyl (C=O) groups excluding carboxylic acids is 3. The molecule has 1 aliphatic heterocycles. The summed E-state index contributed by atoms with van der Waals surface area (Å²) >= 11 is 0.843. The van der Waals surface area contributed by atoms with Crippen molar-refractivity contribution in [1.82, 2.24) is 5.32 Å². The summed E-state index contributed by atoms with van der Waals surface area (Å²) < 4.78 is 5.29. The fourth-order valence-electron chi connectivity index (χ4n) is 2.46. The minimum absolute atomic E-state index is 0.178. The number of methoxy groups -OCH3 is 1. The standard InChI is InChI=1S/C19H16N2O4S/c1-25-15-8-7-13(10-16-18(23)21-19(24)26-16)9-14(15)20-17(22)11-12-5-3-2-4-6-12/h2-10H,11H2,1H3,(H,20,22)(H,21,23,24)/b16-10+. The van der Waals surface area contributed by atoms with Crippen molar-refractivity contribution in [3.8, 4) is 5.75 Å². The van der Waals surface area contributed by atoms with Crippen molar-refractivity contribution in [1.29, 1.82) is 0 Å². The molecule has 0 bridgehead atoms. The van der Waals surface area contributed by atoms with Crippen LogP contribution in [-0.4, -0.2) is 24.2 Å². The van der Waals surface area contributed by atoms with Crippen LogP contribution < -0.4 is 15.4 Å². The summed E-state index contributed by atoms with van der Waals surface area (Å²) in [4.78, 5) is 35.5. The molecule has 0 aliphatic carbocycles. The molecular formula is C19H16N2O4S. The van der Waals surface area contributed by atoms with E-state index in [2.05, 4.69) is 10.6 Å². The van der Waals surface area contributed by atoms with Gasteiger partial charge in [0.05, 0.1) is 24.1 Å². The number of imide groups is 1. The second kappa shape index (κ2) is 7.88. The number of carbonyl (C=O) groups is 3. The number of benzene rings is 2. The van der Waals surface area contributed by atoms with E-state index >= 15 is 0 Å². The summed E-state index contributed by atoms with van der Waals surface area (Å²) in [5, 5.41) is 4.64. The summed E-state index contributed by atoms with van der Waals surface area (Å²) in [6.45, 7) is 0. The lowest BCUT2D eigenvalue weighted by Crippen LogP contribution is -2.17. The quantitative estimate of drug-likeness (QED) is 0.792. The summed E-state index contributed by atoms with van der Waals surface area (Å²) in [7, 11) is 1.51. The van der Waals surface area contributed by atoms with Gasteiger partial charge in [-0.05, 0) is 41.1 Å². The molecule has 6 nitrogen and oxygen atoms in total. The number of hydrogen-bond donors (Lipinski definition) is 2. The number of anilines is 1. The minimum Gasteiger partial charge on any atom is -0.495 e. The van der Waals surface area contributed by atoms with Gasteiger partial charge < -0.3 is 10.1 Å². The molecule has 2 N–H and O–H groups in total. The average Bonchev–Trinajstić information content (AvgIpc) is 2.93. The largest absolute Gasteiger partial charge is 0.495 e. The summed E-state index contributed by atoms with van der Waals surface area (Å²) in [5.74, 6) is -0.0962. The Hall–Kier alpha value is -3.06. The van der Waals surface area contributed by atoms with Crippen LogP contribution in [0.3, 0.4) is 0 Å². The molecule has 7 heteroatoms. The van der Waals surface area contributed by atoms with Crippen molar-refractivity contribution in [3.63, 3.8) is 0 Å².